The fourth-order valence-electron chi connectivity index (χ4n) is 2.55. The summed E-state index contributed by atoms with van der Waals surface area (Å²) in [6.45, 7) is 3.89. The van der Waals surface area contributed by atoms with E-state index in [1.54, 1.807) is 0 Å². The molecule has 2 N–H and O–H groups in total. The molecule has 1 aromatic rings. The van der Waals surface area contributed by atoms with Crippen LogP contribution in [0, 0.1) is 5.41 Å². The summed E-state index contributed by atoms with van der Waals surface area (Å²) in [7, 11) is -3.63. The highest BCUT2D eigenvalue weighted by atomic mass is 32.2. The van der Waals surface area contributed by atoms with E-state index < -0.39 is 23.1 Å². The van der Waals surface area contributed by atoms with Crippen molar-refractivity contribution in [1.29, 1.82) is 0 Å². The van der Waals surface area contributed by atoms with E-state index >= 15 is 0 Å². The average Bonchev–Trinajstić information content (AvgIpc) is 2.48. The molecule has 5 nitrogen and oxygen atoms in total. The highest BCUT2D eigenvalue weighted by Crippen LogP contribution is 2.31. The van der Waals surface area contributed by atoms with Crippen LogP contribution in [0.1, 0.15) is 20.3 Å². The molecule has 2 rings (SSSR count). The molecular formula is C15H22F2N2O3S. The minimum Gasteiger partial charge on any atom is -0.488 e. The van der Waals surface area contributed by atoms with Gasteiger partial charge in [-0.15, -0.1) is 0 Å². The summed E-state index contributed by atoms with van der Waals surface area (Å²) >= 11 is 0. The van der Waals surface area contributed by atoms with Crippen LogP contribution in [0.4, 0.5) is 8.78 Å². The van der Waals surface area contributed by atoms with E-state index in [-0.39, 0.29) is 22.1 Å². The van der Waals surface area contributed by atoms with Gasteiger partial charge in [-0.1, -0.05) is 13.8 Å². The normalized spacial score (nSPS) is 22.3. The van der Waals surface area contributed by atoms with Crippen molar-refractivity contribution in [2.24, 2.45) is 11.1 Å². The van der Waals surface area contributed by atoms with Gasteiger partial charge in [-0.3, -0.25) is 0 Å². The molecule has 23 heavy (non-hydrogen) atoms. The van der Waals surface area contributed by atoms with Crippen LogP contribution in [0.15, 0.2) is 29.2 Å². The van der Waals surface area contributed by atoms with Crippen LogP contribution in [-0.2, 0) is 10.0 Å². The Labute approximate surface area is 135 Å². The number of hydrogen-bond donors (Lipinski definition) is 1. The number of hydrogen-bond acceptors (Lipinski definition) is 4. The van der Waals surface area contributed by atoms with Gasteiger partial charge in [0.2, 0.25) is 10.0 Å². The maximum Gasteiger partial charge on any atom is 0.272 e. The summed E-state index contributed by atoms with van der Waals surface area (Å²) in [6.07, 6.45) is -1.97. The summed E-state index contributed by atoms with van der Waals surface area (Å²) < 4.78 is 55.8. The Morgan fingerprint density at radius 2 is 1.96 bits per heavy atom. The van der Waals surface area contributed by atoms with Gasteiger partial charge in [0.05, 0.1) is 4.90 Å². The lowest BCUT2D eigenvalue weighted by Crippen LogP contribution is -2.53. The first-order valence-electron chi connectivity index (χ1n) is 7.40. The van der Waals surface area contributed by atoms with E-state index in [0.717, 1.165) is 0 Å². The Kier molecular flexibility index (Phi) is 5.27. The molecule has 8 heteroatoms. The molecule has 0 spiro atoms. The van der Waals surface area contributed by atoms with Gasteiger partial charge in [0.25, 0.3) is 6.43 Å². The van der Waals surface area contributed by atoms with Crippen LogP contribution < -0.4 is 10.5 Å². The van der Waals surface area contributed by atoms with E-state index in [9.17, 15) is 17.2 Å². The van der Waals surface area contributed by atoms with E-state index in [1.165, 1.54) is 28.6 Å². The van der Waals surface area contributed by atoms with Crippen LogP contribution in [-0.4, -0.2) is 44.9 Å². The number of sulfonamides is 1. The predicted octanol–water partition coefficient (Wildman–Crippen LogP) is 2.08. The molecule has 1 fully saturated rings. The van der Waals surface area contributed by atoms with Crippen molar-refractivity contribution in [3.8, 4) is 5.75 Å². The van der Waals surface area contributed by atoms with Crippen molar-refractivity contribution < 1.29 is 21.9 Å². The molecule has 1 aromatic carbocycles. The largest absolute Gasteiger partial charge is 0.488 e. The first kappa shape index (κ1) is 18.1. The minimum absolute atomic E-state index is 0.0425. The molecule has 0 radical (unpaired) electrons. The van der Waals surface area contributed by atoms with Crippen LogP contribution >= 0.6 is 0 Å². The zero-order valence-corrected chi connectivity index (χ0v) is 14.0. The molecule has 1 heterocycles. The Morgan fingerprint density at radius 1 is 1.35 bits per heavy atom. The first-order chi connectivity index (χ1) is 10.6. The lowest BCUT2D eigenvalue weighted by atomic mass is 9.81. The number of alkyl halides is 2. The Balaban J connectivity index is 2.13. The van der Waals surface area contributed by atoms with Gasteiger partial charge >= 0.3 is 0 Å². The summed E-state index contributed by atoms with van der Waals surface area (Å²) in [5.41, 5.74) is 5.74. The van der Waals surface area contributed by atoms with E-state index in [0.29, 0.717) is 19.5 Å². The van der Waals surface area contributed by atoms with Gasteiger partial charge < -0.3 is 10.5 Å². The van der Waals surface area contributed by atoms with Crippen molar-refractivity contribution >= 4 is 10.0 Å². The van der Waals surface area contributed by atoms with Gasteiger partial charge in [0.1, 0.15) is 12.4 Å². The number of ether oxygens (including phenoxy) is 1. The third-order valence-corrected chi connectivity index (χ3v) is 5.97. The molecule has 0 aromatic heterocycles. The third kappa shape index (κ3) is 4.19. The molecule has 130 valence electrons. The number of piperidine rings is 1. The molecule has 0 bridgehead atoms. The van der Waals surface area contributed by atoms with Crippen LogP contribution in [0.2, 0.25) is 0 Å². The van der Waals surface area contributed by atoms with Crippen molar-refractivity contribution in [3.63, 3.8) is 0 Å². The summed E-state index contributed by atoms with van der Waals surface area (Å²) in [6, 6.07) is 5.47. The Hall–Kier alpha value is -1.25. The standard InChI is InChI=1S/C15H22F2N2O3S/c1-15(2)10-19(8-7-13(15)18)23(20,21)12-5-3-11(4-6-12)22-9-14(16)17/h3-6,13-14H,7-10,18H2,1-2H3. The smallest absolute Gasteiger partial charge is 0.272 e. The molecular weight excluding hydrogens is 326 g/mol. The van der Waals surface area contributed by atoms with Crippen molar-refractivity contribution in [2.45, 2.75) is 37.6 Å². The Morgan fingerprint density at radius 3 is 2.48 bits per heavy atom. The highest BCUT2D eigenvalue weighted by Gasteiger charge is 2.38. The SMILES string of the molecule is CC1(C)CN(S(=O)(=O)c2ccc(OCC(F)F)cc2)CCC1N. The van der Waals surface area contributed by atoms with Crippen molar-refractivity contribution in [2.75, 3.05) is 19.7 Å². The highest BCUT2D eigenvalue weighted by molar-refractivity contribution is 7.89. The molecule has 0 saturated carbocycles. The Bertz CT molecular complexity index is 633. The quantitative estimate of drug-likeness (QED) is 0.884. The summed E-state index contributed by atoms with van der Waals surface area (Å²) in [5, 5.41) is 0. The molecule has 0 amide bonds. The van der Waals surface area contributed by atoms with Gasteiger partial charge in [0, 0.05) is 19.1 Å². The topological polar surface area (TPSA) is 72.6 Å². The van der Waals surface area contributed by atoms with E-state index in [2.05, 4.69) is 0 Å². The zero-order valence-electron chi connectivity index (χ0n) is 13.2. The lowest BCUT2D eigenvalue weighted by Gasteiger charge is -2.41. The zero-order chi connectivity index (χ0) is 17.3. The second-order valence-corrected chi connectivity index (χ2v) is 8.33. The number of nitrogens with two attached hydrogens (primary N) is 1. The molecule has 0 aliphatic carbocycles. The second-order valence-electron chi connectivity index (χ2n) is 6.40. The fraction of sp³-hybridized carbons (Fsp3) is 0.600. The third-order valence-electron chi connectivity index (χ3n) is 4.11. The van der Waals surface area contributed by atoms with Gasteiger partial charge in [-0.25, -0.2) is 17.2 Å². The monoisotopic (exact) mass is 348 g/mol. The van der Waals surface area contributed by atoms with Gasteiger partial charge in [-0.05, 0) is 36.1 Å². The van der Waals surface area contributed by atoms with Crippen molar-refractivity contribution in [1.82, 2.24) is 4.31 Å². The van der Waals surface area contributed by atoms with Crippen molar-refractivity contribution in [3.05, 3.63) is 24.3 Å². The number of rotatable bonds is 5. The number of benzene rings is 1. The van der Waals surface area contributed by atoms with Crippen LogP contribution in [0.5, 0.6) is 5.75 Å². The number of nitrogens with zero attached hydrogens (tertiary/aromatic N) is 1. The van der Waals surface area contributed by atoms with E-state index in [4.69, 9.17) is 10.5 Å². The predicted molar refractivity (Wildman–Crippen MR) is 83.1 cm³/mol. The van der Waals surface area contributed by atoms with Gasteiger partial charge in [0.15, 0.2) is 0 Å². The molecule has 1 aliphatic heterocycles. The molecule has 1 unspecified atom stereocenters. The lowest BCUT2D eigenvalue weighted by molar-refractivity contribution is 0.0819. The summed E-state index contributed by atoms with van der Waals surface area (Å²) in [4.78, 5) is 0.119. The first-order valence-corrected chi connectivity index (χ1v) is 8.84. The summed E-state index contributed by atoms with van der Waals surface area (Å²) in [5.74, 6) is 0.213. The van der Waals surface area contributed by atoms with E-state index in [1.807, 2.05) is 13.8 Å². The number of halogens is 2. The van der Waals surface area contributed by atoms with Crippen LogP contribution in [0.25, 0.3) is 0 Å². The molecule has 1 saturated heterocycles. The van der Waals surface area contributed by atoms with Crippen LogP contribution in [0.3, 0.4) is 0 Å². The molecule has 1 aliphatic rings. The molecule has 1 atom stereocenters. The second kappa shape index (κ2) is 6.70. The maximum absolute atomic E-state index is 12.7. The fourth-order valence-corrected chi connectivity index (χ4v) is 4.17. The minimum atomic E-state index is -3.63. The average molecular weight is 348 g/mol. The van der Waals surface area contributed by atoms with Gasteiger partial charge in [-0.2, -0.15) is 4.31 Å². The maximum atomic E-state index is 12.7.